The Morgan fingerprint density at radius 3 is 1.97 bits per heavy atom. The molecule has 1 aliphatic rings. The third-order valence-corrected chi connectivity index (χ3v) is 5.00. The highest BCUT2D eigenvalue weighted by Gasteiger charge is 2.22. The molecule has 2 aromatic rings. The summed E-state index contributed by atoms with van der Waals surface area (Å²) in [6.45, 7) is -3.02. The SMILES string of the molecule is O=C(NCCN1CCN(C(=O)c2cccc(OC(F)F)c2)CC1)c1cccc(OC(F)F)c1. The molecule has 0 aliphatic carbocycles. The highest BCUT2D eigenvalue weighted by Crippen LogP contribution is 2.18. The van der Waals surface area contributed by atoms with Crippen molar-refractivity contribution in [1.29, 1.82) is 0 Å². The van der Waals surface area contributed by atoms with Gasteiger partial charge < -0.3 is 19.7 Å². The number of halogens is 4. The summed E-state index contributed by atoms with van der Waals surface area (Å²) >= 11 is 0. The Bertz CT molecular complexity index is 950. The number of hydrogen-bond donors (Lipinski definition) is 1. The Kier molecular flexibility index (Phi) is 8.47. The first kappa shape index (κ1) is 24.3. The van der Waals surface area contributed by atoms with Gasteiger partial charge >= 0.3 is 13.2 Å². The van der Waals surface area contributed by atoms with Gasteiger partial charge in [-0.15, -0.1) is 0 Å². The molecule has 0 spiro atoms. The van der Waals surface area contributed by atoms with Gasteiger partial charge in [-0.05, 0) is 36.4 Å². The fourth-order valence-corrected chi connectivity index (χ4v) is 3.41. The molecule has 0 atom stereocenters. The molecule has 0 radical (unpaired) electrons. The Morgan fingerprint density at radius 2 is 1.39 bits per heavy atom. The lowest BCUT2D eigenvalue weighted by Gasteiger charge is -2.34. The summed E-state index contributed by atoms with van der Waals surface area (Å²) in [6.07, 6.45) is 0. The third kappa shape index (κ3) is 7.35. The molecule has 0 aromatic heterocycles. The second-order valence-electron chi connectivity index (χ2n) is 7.20. The standard InChI is InChI=1S/C22H23F4N3O4/c23-21(24)32-17-5-1-3-15(13-17)19(30)27-7-8-28-9-11-29(12-10-28)20(31)16-4-2-6-18(14-16)33-22(25)26/h1-6,13-14,21-22H,7-12H2,(H,27,30). The van der Waals surface area contributed by atoms with Gasteiger partial charge in [-0.2, -0.15) is 17.6 Å². The van der Waals surface area contributed by atoms with Gasteiger partial charge in [-0.1, -0.05) is 12.1 Å². The van der Waals surface area contributed by atoms with Crippen molar-refractivity contribution in [1.82, 2.24) is 15.1 Å². The van der Waals surface area contributed by atoms with Crippen LogP contribution in [-0.4, -0.2) is 74.1 Å². The molecule has 1 N–H and O–H groups in total. The van der Waals surface area contributed by atoms with Crippen LogP contribution in [0.2, 0.25) is 0 Å². The van der Waals surface area contributed by atoms with Crippen LogP contribution in [0.3, 0.4) is 0 Å². The summed E-state index contributed by atoms with van der Waals surface area (Å²) < 4.78 is 58.0. The molecule has 0 unspecified atom stereocenters. The Balaban J connectivity index is 1.43. The van der Waals surface area contributed by atoms with Crippen LogP contribution in [0.4, 0.5) is 17.6 Å². The Hall–Kier alpha value is -3.34. The minimum absolute atomic E-state index is 0.0727. The zero-order valence-corrected chi connectivity index (χ0v) is 17.6. The van der Waals surface area contributed by atoms with Gasteiger partial charge in [0.25, 0.3) is 11.8 Å². The fourth-order valence-electron chi connectivity index (χ4n) is 3.41. The van der Waals surface area contributed by atoms with E-state index < -0.39 is 19.1 Å². The molecule has 11 heteroatoms. The number of hydrogen-bond acceptors (Lipinski definition) is 5. The summed E-state index contributed by atoms with van der Waals surface area (Å²) in [5.41, 5.74) is 0.480. The van der Waals surface area contributed by atoms with Crippen LogP contribution >= 0.6 is 0 Å². The lowest BCUT2D eigenvalue weighted by atomic mass is 10.1. The van der Waals surface area contributed by atoms with Gasteiger partial charge in [0.2, 0.25) is 0 Å². The fraction of sp³-hybridized carbons (Fsp3) is 0.364. The number of nitrogens with one attached hydrogen (secondary N) is 1. The van der Waals surface area contributed by atoms with Gasteiger partial charge in [-0.25, -0.2) is 0 Å². The number of amides is 2. The molecule has 7 nitrogen and oxygen atoms in total. The number of benzene rings is 2. The van der Waals surface area contributed by atoms with E-state index in [4.69, 9.17) is 0 Å². The predicted octanol–water partition coefficient (Wildman–Crippen LogP) is 3.08. The number of nitrogens with zero attached hydrogens (tertiary/aromatic N) is 2. The maximum atomic E-state index is 12.6. The van der Waals surface area contributed by atoms with Crippen molar-refractivity contribution >= 4 is 11.8 Å². The monoisotopic (exact) mass is 469 g/mol. The van der Waals surface area contributed by atoms with E-state index >= 15 is 0 Å². The minimum Gasteiger partial charge on any atom is -0.435 e. The van der Waals surface area contributed by atoms with E-state index in [0.29, 0.717) is 39.3 Å². The first-order valence-corrected chi connectivity index (χ1v) is 10.2. The van der Waals surface area contributed by atoms with Crippen LogP contribution in [0.5, 0.6) is 11.5 Å². The number of rotatable bonds is 9. The van der Waals surface area contributed by atoms with Crippen molar-refractivity contribution in [3.8, 4) is 11.5 Å². The van der Waals surface area contributed by atoms with Crippen LogP contribution in [0.25, 0.3) is 0 Å². The number of carbonyl (C=O) groups excluding carboxylic acids is 2. The molecule has 0 bridgehead atoms. The van der Waals surface area contributed by atoms with Crippen molar-refractivity contribution in [2.75, 3.05) is 39.3 Å². The van der Waals surface area contributed by atoms with E-state index in [9.17, 15) is 27.2 Å². The second-order valence-corrected chi connectivity index (χ2v) is 7.20. The molecule has 3 rings (SSSR count). The van der Waals surface area contributed by atoms with Crippen LogP contribution in [0, 0.1) is 0 Å². The summed E-state index contributed by atoms with van der Waals surface area (Å²) in [5, 5.41) is 2.73. The molecular formula is C22H23F4N3O4. The summed E-state index contributed by atoms with van der Waals surface area (Å²) in [5.74, 6) is -0.843. The lowest BCUT2D eigenvalue weighted by Crippen LogP contribution is -2.50. The van der Waals surface area contributed by atoms with Gasteiger partial charge in [0.05, 0.1) is 0 Å². The molecular weight excluding hydrogens is 446 g/mol. The average Bonchev–Trinajstić information content (AvgIpc) is 2.78. The van der Waals surface area contributed by atoms with Crippen molar-refractivity contribution in [2.24, 2.45) is 0 Å². The minimum atomic E-state index is -2.97. The van der Waals surface area contributed by atoms with E-state index in [-0.39, 0.29) is 28.5 Å². The van der Waals surface area contributed by atoms with E-state index in [1.54, 1.807) is 11.0 Å². The quantitative estimate of drug-likeness (QED) is 0.572. The second kappa shape index (κ2) is 11.5. The first-order valence-electron chi connectivity index (χ1n) is 10.2. The zero-order valence-electron chi connectivity index (χ0n) is 17.6. The highest BCUT2D eigenvalue weighted by molar-refractivity contribution is 5.95. The topological polar surface area (TPSA) is 71.1 Å². The van der Waals surface area contributed by atoms with E-state index in [1.165, 1.54) is 42.5 Å². The van der Waals surface area contributed by atoms with E-state index in [1.807, 2.05) is 0 Å². The Morgan fingerprint density at radius 1 is 0.848 bits per heavy atom. The van der Waals surface area contributed by atoms with Gasteiger partial charge in [-0.3, -0.25) is 14.5 Å². The summed E-state index contributed by atoms with van der Waals surface area (Å²) in [7, 11) is 0. The molecule has 0 saturated carbocycles. The number of alkyl halides is 4. The van der Waals surface area contributed by atoms with Crippen molar-refractivity contribution < 1.29 is 36.6 Å². The van der Waals surface area contributed by atoms with Crippen LogP contribution in [-0.2, 0) is 0 Å². The van der Waals surface area contributed by atoms with Crippen LogP contribution in [0.1, 0.15) is 20.7 Å². The molecule has 2 amide bonds. The summed E-state index contributed by atoms with van der Waals surface area (Å²) in [6, 6.07) is 11.2. The lowest BCUT2D eigenvalue weighted by molar-refractivity contribution is -0.0505. The molecule has 33 heavy (non-hydrogen) atoms. The maximum Gasteiger partial charge on any atom is 0.387 e. The first-order chi connectivity index (χ1) is 15.8. The number of piperazine rings is 1. The third-order valence-electron chi connectivity index (χ3n) is 5.00. The molecule has 2 aromatic carbocycles. The normalized spacial score (nSPS) is 14.4. The van der Waals surface area contributed by atoms with Gasteiger partial charge in [0.15, 0.2) is 0 Å². The van der Waals surface area contributed by atoms with Crippen molar-refractivity contribution in [3.05, 3.63) is 59.7 Å². The molecule has 1 fully saturated rings. The number of carbonyl (C=O) groups is 2. The largest absolute Gasteiger partial charge is 0.435 e. The van der Waals surface area contributed by atoms with Gasteiger partial charge in [0, 0.05) is 50.4 Å². The molecule has 178 valence electrons. The smallest absolute Gasteiger partial charge is 0.387 e. The number of ether oxygens (including phenoxy) is 2. The van der Waals surface area contributed by atoms with E-state index in [0.717, 1.165) is 0 Å². The predicted molar refractivity (Wildman–Crippen MR) is 111 cm³/mol. The van der Waals surface area contributed by atoms with Crippen molar-refractivity contribution in [3.63, 3.8) is 0 Å². The van der Waals surface area contributed by atoms with Gasteiger partial charge in [0.1, 0.15) is 11.5 Å². The summed E-state index contributed by atoms with van der Waals surface area (Å²) in [4.78, 5) is 28.6. The highest BCUT2D eigenvalue weighted by atomic mass is 19.3. The molecule has 1 saturated heterocycles. The van der Waals surface area contributed by atoms with E-state index in [2.05, 4.69) is 19.7 Å². The molecule has 1 aliphatic heterocycles. The zero-order chi connectivity index (χ0) is 23.8. The maximum absolute atomic E-state index is 12.6. The van der Waals surface area contributed by atoms with Crippen molar-refractivity contribution in [2.45, 2.75) is 13.2 Å². The van der Waals surface area contributed by atoms with Crippen LogP contribution in [0.15, 0.2) is 48.5 Å². The molecule has 1 heterocycles. The van der Waals surface area contributed by atoms with Crippen LogP contribution < -0.4 is 14.8 Å². The Labute approximate surface area is 187 Å². The average molecular weight is 469 g/mol.